The summed E-state index contributed by atoms with van der Waals surface area (Å²) in [6.45, 7) is 0. The van der Waals surface area contributed by atoms with Crippen molar-refractivity contribution in [1.82, 2.24) is 5.32 Å². The standard InChI is InChI=1S/C19H22FNO2/c20-15-10-8-14(9-11-15)17(18-7-4-12-23-18)13-19(22)21-16-5-2-1-3-6-16/h4,7-12,16-17H,1-3,5-6,13H2,(H,21,22). The molecule has 1 saturated carbocycles. The molecule has 1 aromatic heterocycles. The van der Waals surface area contributed by atoms with Gasteiger partial charge in [0.05, 0.1) is 12.2 Å². The number of furan rings is 1. The first-order valence-electron chi connectivity index (χ1n) is 8.30. The zero-order valence-electron chi connectivity index (χ0n) is 13.1. The summed E-state index contributed by atoms with van der Waals surface area (Å²) in [5.41, 5.74) is 0.889. The van der Waals surface area contributed by atoms with Gasteiger partial charge in [0.2, 0.25) is 5.91 Å². The summed E-state index contributed by atoms with van der Waals surface area (Å²) in [4.78, 5) is 12.4. The summed E-state index contributed by atoms with van der Waals surface area (Å²) >= 11 is 0. The van der Waals surface area contributed by atoms with Gasteiger partial charge in [0.25, 0.3) is 0 Å². The van der Waals surface area contributed by atoms with Crippen molar-refractivity contribution in [2.45, 2.75) is 50.5 Å². The molecule has 1 aliphatic carbocycles. The van der Waals surface area contributed by atoms with Crippen LogP contribution in [0.5, 0.6) is 0 Å². The Balaban J connectivity index is 1.71. The molecule has 1 atom stereocenters. The molecule has 1 aliphatic rings. The molecule has 1 fully saturated rings. The molecule has 3 rings (SSSR count). The smallest absolute Gasteiger partial charge is 0.221 e. The second-order valence-corrected chi connectivity index (χ2v) is 6.23. The van der Waals surface area contributed by atoms with Gasteiger partial charge >= 0.3 is 0 Å². The van der Waals surface area contributed by atoms with E-state index in [1.165, 1.54) is 31.4 Å². The number of hydrogen-bond donors (Lipinski definition) is 1. The van der Waals surface area contributed by atoms with Crippen LogP contribution in [-0.2, 0) is 4.79 Å². The third-order valence-electron chi connectivity index (χ3n) is 4.52. The molecule has 1 N–H and O–H groups in total. The van der Waals surface area contributed by atoms with Gasteiger partial charge in [-0.3, -0.25) is 4.79 Å². The van der Waals surface area contributed by atoms with Crippen molar-refractivity contribution >= 4 is 5.91 Å². The van der Waals surface area contributed by atoms with E-state index in [1.54, 1.807) is 18.4 Å². The molecule has 122 valence electrons. The average molecular weight is 315 g/mol. The number of nitrogens with one attached hydrogen (secondary N) is 1. The first-order chi connectivity index (χ1) is 11.2. The Hall–Kier alpha value is -2.10. The first-order valence-corrected chi connectivity index (χ1v) is 8.30. The van der Waals surface area contributed by atoms with E-state index < -0.39 is 0 Å². The Labute approximate surface area is 135 Å². The minimum atomic E-state index is -0.279. The summed E-state index contributed by atoms with van der Waals surface area (Å²) in [6.07, 6.45) is 7.67. The molecule has 3 nitrogen and oxygen atoms in total. The van der Waals surface area contributed by atoms with Crippen molar-refractivity contribution in [3.05, 3.63) is 59.8 Å². The van der Waals surface area contributed by atoms with Gasteiger partial charge in [-0.1, -0.05) is 31.4 Å². The van der Waals surface area contributed by atoms with Crippen LogP contribution in [0.15, 0.2) is 47.1 Å². The Morgan fingerprint density at radius 1 is 1.17 bits per heavy atom. The lowest BCUT2D eigenvalue weighted by Crippen LogP contribution is -2.36. The average Bonchev–Trinajstić information content (AvgIpc) is 3.09. The molecule has 23 heavy (non-hydrogen) atoms. The Morgan fingerprint density at radius 2 is 1.91 bits per heavy atom. The number of carbonyl (C=O) groups excluding carboxylic acids is 1. The van der Waals surface area contributed by atoms with Crippen LogP contribution < -0.4 is 5.32 Å². The van der Waals surface area contributed by atoms with Crippen molar-refractivity contribution in [3.8, 4) is 0 Å². The highest BCUT2D eigenvalue weighted by Crippen LogP contribution is 2.29. The van der Waals surface area contributed by atoms with E-state index in [4.69, 9.17) is 4.42 Å². The van der Waals surface area contributed by atoms with E-state index in [-0.39, 0.29) is 17.6 Å². The van der Waals surface area contributed by atoms with Gasteiger partial charge in [0.15, 0.2) is 0 Å². The van der Waals surface area contributed by atoms with Crippen molar-refractivity contribution in [3.63, 3.8) is 0 Å². The molecule has 1 unspecified atom stereocenters. The third-order valence-corrected chi connectivity index (χ3v) is 4.52. The molecule has 1 aromatic carbocycles. The Bertz CT molecular complexity index is 615. The quantitative estimate of drug-likeness (QED) is 0.889. The number of amides is 1. The van der Waals surface area contributed by atoms with Gasteiger partial charge in [0, 0.05) is 12.5 Å². The molecule has 0 spiro atoms. The fourth-order valence-electron chi connectivity index (χ4n) is 3.29. The van der Waals surface area contributed by atoms with Crippen molar-refractivity contribution in [2.24, 2.45) is 0 Å². The lowest BCUT2D eigenvalue weighted by Gasteiger charge is -2.24. The van der Waals surface area contributed by atoms with Gasteiger partial charge in [-0.2, -0.15) is 0 Å². The van der Waals surface area contributed by atoms with Crippen LogP contribution in [0.2, 0.25) is 0 Å². The van der Waals surface area contributed by atoms with Crippen LogP contribution in [0.1, 0.15) is 55.8 Å². The van der Waals surface area contributed by atoms with E-state index in [2.05, 4.69) is 5.32 Å². The maximum absolute atomic E-state index is 13.2. The summed E-state index contributed by atoms with van der Waals surface area (Å²) < 4.78 is 18.7. The third kappa shape index (κ3) is 4.21. The first kappa shape index (κ1) is 15.8. The van der Waals surface area contributed by atoms with Crippen LogP contribution in [0.4, 0.5) is 4.39 Å². The zero-order chi connectivity index (χ0) is 16.1. The predicted octanol–water partition coefficient (Wildman–Crippen LogP) is 4.39. The summed E-state index contributed by atoms with van der Waals surface area (Å²) in [7, 11) is 0. The highest BCUT2D eigenvalue weighted by molar-refractivity contribution is 5.77. The Morgan fingerprint density at radius 3 is 2.57 bits per heavy atom. The minimum Gasteiger partial charge on any atom is -0.469 e. The van der Waals surface area contributed by atoms with Gasteiger partial charge in [-0.15, -0.1) is 0 Å². The molecule has 1 amide bonds. The van der Waals surface area contributed by atoms with Gasteiger partial charge in [0.1, 0.15) is 11.6 Å². The minimum absolute atomic E-state index is 0.0302. The number of carbonyl (C=O) groups is 1. The van der Waals surface area contributed by atoms with E-state index >= 15 is 0 Å². The topological polar surface area (TPSA) is 42.2 Å². The lowest BCUT2D eigenvalue weighted by atomic mass is 9.91. The van der Waals surface area contributed by atoms with E-state index in [1.807, 2.05) is 12.1 Å². The lowest BCUT2D eigenvalue weighted by molar-refractivity contribution is -0.122. The van der Waals surface area contributed by atoms with Crippen molar-refractivity contribution < 1.29 is 13.6 Å². The molecule has 0 bridgehead atoms. The Kier molecular flexibility index (Phi) is 5.11. The van der Waals surface area contributed by atoms with Crippen LogP contribution in [0, 0.1) is 5.82 Å². The number of benzene rings is 1. The largest absolute Gasteiger partial charge is 0.469 e. The number of hydrogen-bond acceptors (Lipinski definition) is 2. The molecule has 1 heterocycles. The predicted molar refractivity (Wildman–Crippen MR) is 86.6 cm³/mol. The van der Waals surface area contributed by atoms with Gasteiger partial charge in [-0.25, -0.2) is 4.39 Å². The van der Waals surface area contributed by atoms with E-state index in [9.17, 15) is 9.18 Å². The molecule has 0 saturated heterocycles. The van der Waals surface area contributed by atoms with E-state index in [0.717, 1.165) is 24.2 Å². The summed E-state index contributed by atoms with van der Waals surface area (Å²) in [5, 5.41) is 3.14. The van der Waals surface area contributed by atoms with Crippen LogP contribution in [0.3, 0.4) is 0 Å². The normalized spacial score (nSPS) is 16.9. The number of rotatable bonds is 5. The fourth-order valence-corrected chi connectivity index (χ4v) is 3.29. The zero-order valence-corrected chi connectivity index (χ0v) is 13.1. The van der Waals surface area contributed by atoms with Crippen LogP contribution >= 0.6 is 0 Å². The van der Waals surface area contributed by atoms with Crippen molar-refractivity contribution in [1.29, 1.82) is 0 Å². The molecular formula is C19H22FNO2. The highest BCUT2D eigenvalue weighted by atomic mass is 19.1. The molecule has 4 heteroatoms. The molecule has 0 radical (unpaired) electrons. The van der Waals surface area contributed by atoms with E-state index in [0.29, 0.717) is 12.5 Å². The maximum atomic E-state index is 13.2. The number of halogens is 1. The van der Waals surface area contributed by atoms with Crippen molar-refractivity contribution in [2.75, 3.05) is 0 Å². The highest BCUT2D eigenvalue weighted by Gasteiger charge is 2.23. The van der Waals surface area contributed by atoms with Crippen LogP contribution in [-0.4, -0.2) is 11.9 Å². The van der Waals surface area contributed by atoms with Gasteiger partial charge < -0.3 is 9.73 Å². The molecular weight excluding hydrogens is 293 g/mol. The van der Waals surface area contributed by atoms with Gasteiger partial charge in [-0.05, 0) is 42.7 Å². The summed E-state index contributed by atoms with van der Waals surface area (Å²) in [5.74, 6) is 0.297. The fraction of sp³-hybridized carbons (Fsp3) is 0.421. The summed E-state index contributed by atoms with van der Waals surface area (Å²) in [6, 6.07) is 10.2. The van der Waals surface area contributed by atoms with Crippen LogP contribution in [0.25, 0.3) is 0 Å². The SMILES string of the molecule is O=C(CC(c1ccc(F)cc1)c1ccco1)NC1CCCCC1. The second kappa shape index (κ2) is 7.44. The molecule has 0 aliphatic heterocycles. The molecule has 2 aromatic rings. The second-order valence-electron chi connectivity index (χ2n) is 6.23. The maximum Gasteiger partial charge on any atom is 0.221 e. The monoisotopic (exact) mass is 315 g/mol.